The first kappa shape index (κ1) is 17.5. The third kappa shape index (κ3) is 4.56. The molecule has 0 amide bonds. The Morgan fingerprint density at radius 2 is 1.91 bits per heavy atom. The maximum atomic E-state index is 12.4. The molecule has 1 aliphatic carbocycles. The van der Waals surface area contributed by atoms with Crippen molar-refractivity contribution in [1.82, 2.24) is 4.72 Å². The van der Waals surface area contributed by atoms with Crippen molar-refractivity contribution in [3.63, 3.8) is 0 Å². The molecule has 0 aromatic heterocycles. The summed E-state index contributed by atoms with van der Waals surface area (Å²) in [4.78, 5) is 5.26. The third-order valence-corrected chi connectivity index (χ3v) is 6.35. The van der Waals surface area contributed by atoms with Gasteiger partial charge in [-0.3, -0.25) is 9.71 Å². The van der Waals surface area contributed by atoms with Gasteiger partial charge in [-0.05, 0) is 31.9 Å². The van der Waals surface area contributed by atoms with Gasteiger partial charge in [0.15, 0.2) is 0 Å². The topological polar surface area (TPSA) is 58.5 Å². The van der Waals surface area contributed by atoms with Gasteiger partial charge in [0, 0.05) is 11.2 Å². The highest BCUT2D eigenvalue weighted by Gasteiger charge is 2.23. The van der Waals surface area contributed by atoms with Gasteiger partial charge in [-0.15, -0.1) is 0 Å². The number of halogens is 1. The number of hydrogen-bond acceptors (Lipinski definition) is 3. The number of aryl methyl sites for hydroxylation is 1. The van der Waals surface area contributed by atoms with Crippen molar-refractivity contribution in [2.75, 3.05) is 0 Å². The van der Waals surface area contributed by atoms with Crippen molar-refractivity contribution < 1.29 is 8.42 Å². The van der Waals surface area contributed by atoms with Crippen LogP contribution in [0.1, 0.15) is 44.6 Å². The second kappa shape index (κ2) is 7.59. The van der Waals surface area contributed by atoms with E-state index < -0.39 is 10.0 Å². The number of alkyl halides is 1. The number of sulfonamides is 1. The standard InChI is InChI=1S/C16H23BrN2O2S/c1-3-16(18-15-7-5-4-6-14(15)17)19-22(20,21)13-10-8-12(2)9-11-13/h8-11,14-15H,3-7H2,1-2H3,(H,18,19)/t14-,15-/m0/s1. The van der Waals surface area contributed by atoms with E-state index in [4.69, 9.17) is 0 Å². The van der Waals surface area contributed by atoms with Crippen LogP contribution in [0.25, 0.3) is 0 Å². The zero-order valence-corrected chi connectivity index (χ0v) is 15.5. The van der Waals surface area contributed by atoms with Gasteiger partial charge in [0.1, 0.15) is 5.84 Å². The molecular weight excluding hydrogens is 364 g/mol. The number of nitrogens with one attached hydrogen (secondary N) is 1. The van der Waals surface area contributed by atoms with Crippen LogP contribution in [0.4, 0.5) is 0 Å². The minimum atomic E-state index is -3.55. The minimum absolute atomic E-state index is 0.157. The summed E-state index contributed by atoms with van der Waals surface area (Å²) in [7, 11) is -3.55. The Morgan fingerprint density at radius 3 is 2.50 bits per heavy atom. The molecule has 1 aliphatic rings. The summed E-state index contributed by atoms with van der Waals surface area (Å²) < 4.78 is 27.5. The van der Waals surface area contributed by atoms with Crippen LogP contribution in [-0.2, 0) is 10.0 Å². The van der Waals surface area contributed by atoms with Gasteiger partial charge in [0.2, 0.25) is 0 Å². The van der Waals surface area contributed by atoms with E-state index in [0.29, 0.717) is 17.1 Å². The van der Waals surface area contributed by atoms with E-state index in [1.165, 1.54) is 6.42 Å². The van der Waals surface area contributed by atoms with E-state index in [-0.39, 0.29) is 10.9 Å². The van der Waals surface area contributed by atoms with Crippen LogP contribution in [0.5, 0.6) is 0 Å². The fourth-order valence-electron chi connectivity index (χ4n) is 2.53. The number of rotatable bonds is 4. The Balaban J connectivity index is 2.16. The molecule has 0 saturated heterocycles. The van der Waals surface area contributed by atoms with Gasteiger partial charge in [-0.2, -0.15) is 0 Å². The van der Waals surface area contributed by atoms with Gasteiger partial charge in [-0.25, -0.2) is 8.42 Å². The van der Waals surface area contributed by atoms with Gasteiger partial charge >= 0.3 is 0 Å². The van der Waals surface area contributed by atoms with Crippen LogP contribution in [0.3, 0.4) is 0 Å². The normalized spacial score (nSPS) is 23.3. The van der Waals surface area contributed by atoms with Crippen molar-refractivity contribution in [2.45, 2.75) is 61.7 Å². The fourth-order valence-corrected chi connectivity index (χ4v) is 4.36. The highest BCUT2D eigenvalue weighted by Crippen LogP contribution is 2.27. The molecule has 6 heteroatoms. The molecule has 1 aromatic rings. The van der Waals surface area contributed by atoms with E-state index in [1.54, 1.807) is 24.3 Å². The lowest BCUT2D eigenvalue weighted by Gasteiger charge is -2.25. The van der Waals surface area contributed by atoms with E-state index in [2.05, 4.69) is 25.6 Å². The predicted molar refractivity (Wildman–Crippen MR) is 94.2 cm³/mol. The van der Waals surface area contributed by atoms with Crippen LogP contribution in [-0.4, -0.2) is 25.1 Å². The first-order valence-electron chi connectivity index (χ1n) is 7.72. The zero-order chi connectivity index (χ0) is 16.2. The highest BCUT2D eigenvalue weighted by atomic mass is 79.9. The third-order valence-electron chi connectivity index (χ3n) is 3.89. The van der Waals surface area contributed by atoms with Crippen molar-refractivity contribution in [3.8, 4) is 0 Å². The molecule has 1 saturated carbocycles. The Bertz CT molecular complexity index is 626. The maximum Gasteiger partial charge on any atom is 0.262 e. The minimum Gasteiger partial charge on any atom is -0.267 e. The Labute approximate surface area is 141 Å². The first-order valence-corrected chi connectivity index (χ1v) is 10.1. The van der Waals surface area contributed by atoms with Gasteiger partial charge in [0.25, 0.3) is 10.0 Å². The van der Waals surface area contributed by atoms with Crippen molar-refractivity contribution in [2.24, 2.45) is 4.99 Å². The van der Waals surface area contributed by atoms with Crippen LogP contribution in [0, 0.1) is 6.92 Å². The van der Waals surface area contributed by atoms with Gasteiger partial charge in [-0.1, -0.05) is 53.4 Å². The summed E-state index contributed by atoms with van der Waals surface area (Å²) in [5.41, 5.74) is 1.03. The lowest BCUT2D eigenvalue weighted by atomic mass is 9.96. The molecule has 1 aromatic carbocycles. The molecule has 0 spiro atoms. The summed E-state index contributed by atoms with van der Waals surface area (Å²) in [5.74, 6) is 0.539. The number of hydrogen-bond donors (Lipinski definition) is 1. The molecule has 1 fully saturated rings. The Morgan fingerprint density at radius 1 is 1.27 bits per heavy atom. The molecule has 0 bridgehead atoms. The van der Waals surface area contributed by atoms with Crippen LogP contribution in [0.15, 0.2) is 34.2 Å². The summed E-state index contributed by atoms with van der Waals surface area (Å²) in [6.45, 7) is 3.85. The molecule has 0 aliphatic heterocycles. The summed E-state index contributed by atoms with van der Waals surface area (Å²) in [6, 6.07) is 7.00. The molecule has 0 unspecified atom stereocenters. The summed E-state index contributed by atoms with van der Waals surface area (Å²) in [6.07, 6.45) is 5.03. The van der Waals surface area contributed by atoms with Crippen molar-refractivity contribution >= 4 is 31.8 Å². The number of aliphatic imine (C=N–C) groups is 1. The summed E-state index contributed by atoms with van der Waals surface area (Å²) in [5, 5.41) is 0. The molecule has 122 valence electrons. The smallest absolute Gasteiger partial charge is 0.262 e. The maximum absolute atomic E-state index is 12.4. The lowest BCUT2D eigenvalue weighted by molar-refractivity contribution is 0.459. The van der Waals surface area contributed by atoms with Crippen molar-refractivity contribution in [1.29, 1.82) is 0 Å². The van der Waals surface area contributed by atoms with Crippen molar-refractivity contribution in [3.05, 3.63) is 29.8 Å². The van der Waals surface area contributed by atoms with Crippen LogP contribution < -0.4 is 4.72 Å². The van der Waals surface area contributed by atoms with Gasteiger partial charge < -0.3 is 0 Å². The lowest BCUT2D eigenvalue weighted by Crippen LogP contribution is -2.33. The highest BCUT2D eigenvalue weighted by molar-refractivity contribution is 9.09. The fraction of sp³-hybridized carbons (Fsp3) is 0.562. The van der Waals surface area contributed by atoms with E-state index in [1.807, 2.05) is 13.8 Å². The molecule has 2 rings (SSSR count). The first-order chi connectivity index (χ1) is 10.4. The van der Waals surface area contributed by atoms with Crippen LogP contribution >= 0.6 is 15.9 Å². The Hall–Kier alpha value is -0.880. The molecule has 4 nitrogen and oxygen atoms in total. The largest absolute Gasteiger partial charge is 0.267 e. The number of nitrogens with zero attached hydrogens (tertiary/aromatic N) is 1. The van der Waals surface area contributed by atoms with E-state index >= 15 is 0 Å². The number of benzene rings is 1. The molecule has 22 heavy (non-hydrogen) atoms. The molecule has 0 heterocycles. The zero-order valence-electron chi connectivity index (χ0n) is 13.0. The average Bonchev–Trinajstić information content (AvgIpc) is 2.49. The van der Waals surface area contributed by atoms with E-state index in [9.17, 15) is 8.42 Å². The summed E-state index contributed by atoms with van der Waals surface area (Å²) >= 11 is 3.66. The average molecular weight is 387 g/mol. The quantitative estimate of drug-likeness (QED) is 0.486. The molecular formula is C16H23BrN2O2S. The predicted octanol–water partition coefficient (Wildman–Crippen LogP) is 3.79. The molecule has 0 radical (unpaired) electrons. The molecule has 1 N–H and O–H groups in total. The SMILES string of the molecule is CCC(=N[C@H]1CCCC[C@@H]1Br)NS(=O)(=O)c1ccc(C)cc1. The van der Waals surface area contributed by atoms with Gasteiger partial charge in [0.05, 0.1) is 10.9 Å². The second-order valence-electron chi connectivity index (χ2n) is 5.72. The Kier molecular flexibility index (Phi) is 6.03. The molecule has 2 atom stereocenters. The second-order valence-corrected chi connectivity index (χ2v) is 8.57. The van der Waals surface area contributed by atoms with E-state index in [0.717, 1.165) is 24.8 Å². The van der Waals surface area contributed by atoms with Crippen LogP contribution in [0.2, 0.25) is 0 Å². The number of amidine groups is 1. The monoisotopic (exact) mass is 386 g/mol.